The van der Waals surface area contributed by atoms with Crippen LogP contribution in [0.15, 0.2) is 24.3 Å². The molecule has 1 saturated heterocycles. The number of likely N-dealkylation sites (tertiary alicyclic amines) is 1. The standard InChI is InChI=1S/C15H21ClN2O2/c1-14(2,3)20-13(19)18-9-8-15(18,10-17)11-6-4-5-7-12(11)16/h4-7H,8-10,17H2,1-3H3. The Hall–Kier alpha value is -1.26. The van der Waals surface area contributed by atoms with Gasteiger partial charge in [0.2, 0.25) is 0 Å². The monoisotopic (exact) mass is 296 g/mol. The van der Waals surface area contributed by atoms with Crippen molar-refractivity contribution in [1.82, 2.24) is 4.90 Å². The van der Waals surface area contributed by atoms with Crippen LogP contribution in [0.4, 0.5) is 4.79 Å². The largest absolute Gasteiger partial charge is 0.444 e. The van der Waals surface area contributed by atoms with Crippen LogP contribution in [0.1, 0.15) is 32.8 Å². The molecule has 1 fully saturated rings. The Morgan fingerprint density at radius 1 is 1.45 bits per heavy atom. The van der Waals surface area contributed by atoms with Crippen LogP contribution >= 0.6 is 11.6 Å². The Labute approximate surface area is 124 Å². The van der Waals surface area contributed by atoms with Crippen LogP contribution < -0.4 is 5.73 Å². The van der Waals surface area contributed by atoms with Gasteiger partial charge in [-0.3, -0.25) is 4.90 Å². The van der Waals surface area contributed by atoms with Gasteiger partial charge < -0.3 is 10.5 Å². The Balaban J connectivity index is 2.29. The SMILES string of the molecule is CC(C)(C)OC(=O)N1CCC1(CN)c1ccccc1Cl. The van der Waals surface area contributed by atoms with Crippen molar-refractivity contribution in [1.29, 1.82) is 0 Å². The summed E-state index contributed by atoms with van der Waals surface area (Å²) in [5, 5.41) is 0.631. The zero-order chi connectivity index (χ0) is 15.0. The van der Waals surface area contributed by atoms with Crippen molar-refractivity contribution in [3.63, 3.8) is 0 Å². The van der Waals surface area contributed by atoms with E-state index in [0.29, 0.717) is 18.1 Å². The molecule has 1 aromatic carbocycles. The number of carbonyl (C=O) groups excluding carboxylic acids is 1. The number of nitrogens with zero attached hydrogens (tertiary/aromatic N) is 1. The van der Waals surface area contributed by atoms with Crippen LogP contribution in [0.25, 0.3) is 0 Å². The van der Waals surface area contributed by atoms with Crippen molar-refractivity contribution in [2.75, 3.05) is 13.1 Å². The van der Waals surface area contributed by atoms with Crippen molar-refractivity contribution < 1.29 is 9.53 Å². The highest BCUT2D eigenvalue weighted by Crippen LogP contribution is 2.43. The molecule has 1 aliphatic heterocycles. The van der Waals surface area contributed by atoms with Crippen molar-refractivity contribution >= 4 is 17.7 Å². The summed E-state index contributed by atoms with van der Waals surface area (Å²) < 4.78 is 5.45. The molecule has 1 aliphatic rings. The van der Waals surface area contributed by atoms with E-state index in [2.05, 4.69) is 0 Å². The normalized spacial score (nSPS) is 22.4. The molecule has 0 spiro atoms. The second-order valence-corrected chi connectivity index (χ2v) is 6.50. The summed E-state index contributed by atoms with van der Waals surface area (Å²) in [6.45, 7) is 6.52. The number of benzene rings is 1. The van der Waals surface area contributed by atoms with Gasteiger partial charge in [-0.1, -0.05) is 29.8 Å². The van der Waals surface area contributed by atoms with Gasteiger partial charge in [-0.25, -0.2) is 4.79 Å². The summed E-state index contributed by atoms with van der Waals surface area (Å²) in [5.41, 5.74) is 5.78. The lowest BCUT2D eigenvalue weighted by molar-refractivity contribution is -0.0439. The molecule has 0 aromatic heterocycles. The minimum atomic E-state index is -0.541. The third kappa shape index (κ3) is 2.63. The highest BCUT2D eigenvalue weighted by molar-refractivity contribution is 6.31. The highest BCUT2D eigenvalue weighted by Gasteiger charge is 2.50. The Morgan fingerprint density at radius 3 is 2.55 bits per heavy atom. The average Bonchev–Trinajstić information content (AvgIpc) is 2.29. The summed E-state index contributed by atoms with van der Waals surface area (Å²) in [6.07, 6.45) is 0.459. The van der Waals surface area contributed by atoms with Crippen LogP contribution in [0.2, 0.25) is 5.02 Å². The number of rotatable bonds is 2. The second-order valence-electron chi connectivity index (χ2n) is 6.10. The van der Waals surface area contributed by atoms with E-state index < -0.39 is 11.1 Å². The van der Waals surface area contributed by atoms with Crippen LogP contribution in [0.5, 0.6) is 0 Å². The number of halogens is 1. The van der Waals surface area contributed by atoms with E-state index in [1.165, 1.54) is 0 Å². The number of ether oxygens (including phenoxy) is 1. The molecule has 20 heavy (non-hydrogen) atoms. The Kier molecular flexibility index (Phi) is 3.98. The number of hydrogen-bond donors (Lipinski definition) is 1. The quantitative estimate of drug-likeness (QED) is 0.912. The zero-order valence-corrected chi connectivity index (χ0v) is 12.9. The maximum atomic E-state index is 12.3. The maximum Gasteiger partial charge on any atom is 0.411 e. The topological polar surface area (TPSA) is 55.6 Å². The van der Waals surface area contributed by atoms with E-state index >= 15 is 0 Å². The van der Waals surface area contributed by atoms with Gasteiger partial charge >= 0.3 is 6.09 Å². The van der Waals surface area contributed by atoms with Crippen molar-refractivity contribution in [2.45, 2.75) is 38.3 Å². The first-order valence-electron chi connectivity index (χ1n) is 6.76. The fourth-order valence-corrected chi connectivity index (χ4v) is 2.83. The Bertz CT molecular complexity index is 509. The molecule has 1 aromatic rings. The molecule has 2 N–H and O–H groups in total. The molecule has 0 bridgehead atoms. The van der Waals surface area contributed by atoms with Gasteiger partial charge in [-0.2, -0.15) is 0 Å². The maximum absolute atomic E-state index is 12.3. The molecule has 4 nitrogen and oxygen atoms in total. The molecule has 5 heteroatoms. The van der Waals surface area contributed by atoms with E-state index in [-0.39, 0.29) is 6.09 Å². The lowest BCUT2D eigenvalue weighted by atomic mass is 9.78. The van der Waals surface area contributed by atoms with Gasteiger partial charge in [-0.15, -0.1) is 0 Å². The summed E-state index contributed by atoms with van der Waals surface area (Å²) >= 11 is 6.27. The van der Waals surface area contributed by atoms with E-state index in [1.807, 2.05) is 45.0 Å². The fraction of sp³-hybridized carbons (Fsp3) is 0.533. The molecular formula is C15H21ClN2O2. The van der Waals surface area contributed by atoms with Gasteiger partial charge in [0.25, 0.3) is 0 Å². The predicted octanol–water partition coefficient (Wildman–Crippen LogP) is 3.13. The number of nitrogens with two attached hydrogens (primary N) is 1. The first-order chi connectivity index (χ1) is 9.30. The third-order valence-electron chi connectivity index (χ3n) is 3.59. The van der Waals surface area contributed by atoms with Crippen LogP contribution in [0, 0.1) is 0 Å². The summed E-state index contributed by atoms with van der Waals surface area (Å²) in [4.78, 5) is 14.0. The number of carbonyl (C=O) groups is 1. The van der Waals surface area contributed by atoms with Gasteiger partial charge in [0.15, 0.2) is 0 Å². The molecule has 1 heterocycles. The average molecular weight is 297 g/mol. The van der Waals surface area contributed by atoms with E-state index in [0.717, 1.165) is 12.0 Å². The van der Waals surface area contributed by atoms with E-state index in [9.17, 15) is 4.79 Å². The summed E-state index contributed by atoms with van der Waals surface area (Å²) in [6, 6.07) is 7.52. The summed E-state index contributed by atoms with van der Waals surface area (Å²) in [7, 11) is 0. The van der Waals surface area contributed by atoms with Gasteiger partial charge in [0.05, 0.1) is 5.54 Å². The van der Waals surface area contributed by atoms with Gasteiger partial charge in [0, 0.05) is 18.1 Å². The first kappa shape index (κ1) is 15.1. The number of hydrogen-bond acceptors (Lipinski definition) is 3. The van der Waals surface area contributed by atoms with E-state index in [1.54, 1.807) is 4.90 Å². The lowest BCUT2D eigenvalue weighted by Crippen LogP contribution is -2.64. The molecule has 110 valence electrons. The minimum absolute atomic E-state index is 0.329. The molecule has 0 radical (unpaired) electrons. The van der Waals surface area contributed by atoms with Gasteiger partial charge in [0.1, 0.15) is 5.60 Å². The van der Waals surface area contributed by atoms with Crippen molar-refractivity contribution in [2.24, 2.45) is 5.73 Å². The second kappa shape index (κ2) is 5.26. The first-order valence-corrected chi connectivity index (χ1v) is 7.14. The van der Waals surface area contributed by atoms with Crippen LogP contribution in [0.3, 0.4) is 0 Å². The van der Waals surface area contributed by atoms with Crippen molar-refractivity contribution in [3.05, 3.63) is 34.9 Å². The minimum Gasteiger partial charge on any atom is -0.444 e. The molecule has 1 atom stereocenters. The fourth-order valence-electron chi connectivity index (χ4n) is 2.52. The third-order valence-corrected chi connectivity index (χ3v) is 3.92. The highest BCUT2D eigenvalue weighted by atomic mass is 35.5. The van der Waals surface area contributed by atoms with Gasteiger partial charge in [-0.05, 0) is 38.8 Å². The number of amides is 1. The predicted molar refractivity (Wildman–Crippen MR) is 79.7 cm³/mol. The molecule has 1 amide bonds. The molecule has 2 rings (SSSR count). The van der Waals surface area contributed by atoms with Crippen molar-refractivity contribution in [3.8, 4) is 0 Å². The smallest absolute Gasteiger partial charge is 0.411 e. The molecule has 1 unspecified atom stereocenters. The van der Waals surface area contributed by atoms with Crippen LogP contribution in [-0.2, 0) is 10.3 Å². The summed E-state index contributed by atoms with van der Waals surface area (Å²) in [5.74, 6) is 0. The molecule has 0 saturated carbocycles. The van der Waals surface area contributed by atoms with Crippen LogP contribution in [-0.4, -0.2) is 29.7 Å². The molecular weight excluding hydrogens is 276 g/mol. The van der Waals surface area contributed by atoms with E-state index in [4.69, 9.17) is 22.1 Å². The Morgan fingerprint density at radius 2 is 2.10 bits per heavy atom. The lowest BCUT2D eigenvalue weighted by Gasteiger charge is -2.52. The molecule has 0 aliphatic carbocycles. The zero-order valence-electron chi connectivity index (χ0n) is 12.1.